The maximum atomic E-state index is 12.1. The van der Waals surface area contributed by atoms with Gasteiger partial charge in [0.25, 0.3) is 0 Å². The Morgan fingerprint density at radius 3 is 2.74 bits per heavy atom. The van der Waals surface area contributed by atoms with Crippen LogP contribution in [0.25, 0.3) is 0 Å². The summed E-state index contributed by atoms with van der Waals surface area (Å²) >= 11 is 7.48. The molecule has 2 aromatic rings. The third-order valence-electron chi connectivity index (χ3n) is 2.55. The summed E-state index contributed by atoms with van der Waals surface area (Å²) in [7, 11) is -3.68. The fourth-order valence-corrected chi connectivity index (χ4v) is 4.05. The van der Waals surface area contributed by atoms with Crippen molar-refractivity contribution in [2.24, 2.45) is 0 Å². The zero-order chi connectivity index (χ0) is 13.9. The Kier molecular flexibility index (Phi) is 4.46. The van der Waals surface area contributed by atoms with E-state index in [0.717, 1.165) is 5.56 Å². The molecule has 4 nitrogen and oxygen atoms in total. The lowest BCUT2D eigenvalue weighted by molar-refractivity contribution is 0.582. The van der Waals surface area contributed by atoms with Crippen LogP contribution in [0.5, 0.6) is 0 Å². The van der Waals surface area contributed by atoms with E-state index in [1.165, 1.54) is 12.1 Å². The van der Waals surface area contributed by atoms with Crippen molar-refractivity contribution in [1.82, 2.24) is 4.72 Å². The minimum atomic E-state index is -3.68. The summed E-state index contributed by atoms with van der Waals surface area (Å²) in [5, 5.41) is 4.07. The van der Waals surface area contributed by atoms with Crippen molar-refractivity contribution in [3.63, 3.8) is 0 Å². The third kappa shape index (κ3) is 3.48. The molecule has 1 aromatic heterocycles. The zero-order valence-electron chi connectivity index (χ0n) is 9.97. The van der Waals surface area contributed by atoms with Crippen molar-refractivity contribution in [2.45, 2.75) is 11.3 Å². The number of rotatable bonds is 5. The lowest BCUT2D eigenvalue weighted by Crippen LogP contribution is -2.27. The number of nitrogens with one attached hydrogen (secondary N) is 1. The van der Waals surface area contributed by atoms with Crippen LogP contribution in [0.15, 0.2) is 39.9 Å². The summed E-state index contributed by atoms with van der Waals surface area (Å²) in [6, 6.07) is 6.59. The van der Waals surface area contributed by atoms with Gasteiger partial charge in [0.1, 0.15) is 4.90 Å². The molecule has 0 fully saturated rings. The second kappa shape index (κ2) is 5.92. The van der Waals surface area contributed by atoms with Gasteiger partial charge in [-0.2, -0.15) is 11.3 Å². The van der Waals surface area contributed by atoms with E-state index in [1.54, 1.807) is 17.4 Å². The van der Waals surface area contributed by atoms with Crippen LogP contribution in [-0.2, 0) is 16.4 Å². The van der Waals surface area contributed by atoms with Gasteiger partial charge in [-0.15, -0.1) is 0 Å². The van der Waals surface area contributed by atoms with Crippen molar-refractivity contribution < 1.29 is 8.42 Å². The van der Waals surface area contributed by atoms with Crippen LogP contribution in [0.3, 0.4) is 0 Å². The number of hydrogen-bond donors (Lipinski definition) is 2. The number of nitrogens with two attached hydrogens (primary N) is 1. The van der Waals surface area contributed by atoms with Crippen LogP contribution in [0.4, 0.5) is 5.69 Å². The molecule has 1 aromatic carbocycles. The summed E-state index contributed by atoms with van der Waals surface area (Å²) < 4.78 is 26.8. The Balaban J connectivity index is 2.10. The molecule has 0 radical (unpaired) electrons. The number of halogens is 1. The highest BCUT2D eigenvalue weighted by molar-refractivity contribution is 7.89. The molecule has 102 valence electrons. The van der Waals surface area contributed by atoms with E-state index in [-0.39, 0.29) is 15.6 Å². The summed E-state index contributed by atoms with van der Waals surface area (Å²) in [6.45, 7) is 0.309. The highest BCUT2D eigenvalue weighted by Gasteiger charge is 2.20. The number of thiophene rings is 1. The molecule has 1 heterocycles. The molecule has 0 saturated heterocycles. The molecule has 0 unspecified atom stereocenters. The van der Waals surface area contributed by atoms with Crippen molar-refractivity contribution in [2.75, 3.05) is 12.3 Å². The second-order valence-corrected chi connectivity index (χ2v) is 6.83. The van der Waals surface area contributed by atoms with Crippen molar-refractivity contribution >= 4 is 38.6 Å². The van der Waals surface area contributed by atoms with E-state index >= 15 is 0 Å². The molecule has 0 spiro atoms. The van der Waals surface area contributed by atoms with Gasteiger partial charge >= 0.3 is 0 Å². The van der Waals surface area contributed by atoms with E-state index in [1.807, 2.05) is 16.8 Å². The molecule has 3 N–H and O–H groups in total. The smallest absolute Gasteiger partial charge is 0.244 e. The standard InChI is InChI=1S/C12H13ClN2O2S2/c13-10-2-1-3-11(14)12(10)19(16,17)15-6-4-9-5-7-18-8-9/h1-3,5,7-8,15H,4,6,14H2. The van der Waals surface area contributed by atoms with Crippen LogP contribution < -0.4 is 10.5 Å². The molecule has 0 atom stereocenters. The van der Waals surface area contributed by atoms with Gasteiger partial charge in [-0.25, -0.2) is 13.1 Å². The molecule has 0 saturated carbocycles. The molecule has 0 aliphatic heterocycles. The van der Waals surface area contributed by atoms with E-state index in [0.29, 0.717) is 13.0 Å². The van der Waals surface area contributed by atoms with Gasteiger partial charge in [-0.05, 0) is 40.9 Å². The quantitative estimate of drug-likeness (QED) is 0.832. The largest absolute Gasteiger partial charge is 0.398 e. The predicted molar refractivity (Wildman–Crippen MR) is 79.1 cm³/mol. The number of nitrogen functional groups attached to an aromatic ring is 1. The van der Waals surface area contributed by atoms with E-state index in [2.05, 4.69) is 4.72 Å². The first kappa shape index (κ1) is 14.3. The van der Waals surface area contributed by atoms with Crippen molar-refractivity contribution in [3.8, 4) is 0 Å². The Labute approximate surface area is 121 Å². The molecule has 7 heteroatoms. The maximum absolute atomic E-state index is 12.1. The molecular weight excluding hydrogens is 304 g/mol. The van der Waals surface area contributed by atoms with Crippen LogP contribution in [0.1, 0.15) is 5.56 Å². The molecule has 19 heavy (non-hydrogen) atoms. The summed E-state index contributed by atoms with van der Waals surface area (Å²) in [6.07, 6.45) is 0.632. The lowest BCUT2D eigenvalue weighted by Gasteiger charge is -2.10. The predicted octanol–water partition coefficient (Wildman–Crippen LogP) is 2.50. The van der Waals surface area contributed by atoms with Crippen LogP contribution in [0, 0.1) is 0 Å². The summed E-state index contributed by atoms with van der Waals surface area (Å²) in [5.41, 5.74) is 6.92. The molecule has 2 rings (SSSR count). The molecule has 0 amide bonds. The van der Waals surface area contributed by atoms with Gasteiger partial charge in [0, 0.05) is 6.54 Å². The van der Waals surface area contributed by atoms with Crippen LogP contribution in [-0.4, -0.2) is 15.0 Å². The number of sulfonamides is 1. The Morgan fingerprint density at radius 2 is 2.11 bits per heavy atom. The van der Waals surface area contributed by atoms with E-state index < -0.39 is 10.0 Å². The van der Waals surface area contributed by atoms with Crippen LogP contribution in [0.2, 0.25) is 5.02 Å². The van der Waals surface area contributed by atoms with Gasteiger partial charge < -0.3 is 5.73 Å². The van der Waals surface area contributed by atoms with E-state index in [9.17, 15) is 8.42 Å². The number of hydrogen-bond acceptors (Lipinski definition) is 4. The first-order valence-corrected chi connectivity index (χ1v) is 8.36. The van der Waals surface area contributed by atoms with E-state index in [4.69, 9.17) is 17.3 Å². The lowest BCUT2D eigenvalue weighted by atomic mass is 10.2. The normalized spacial score (nSPS) is 11.6. The highest BCUT2D eigenvalue weighted by atomic mass is 35.5. The average molecular weight is 317 g/mol. The maximum Gasteiger partial charge on any atom is 0.244 e. The fraction of sp³-hybridized carbons (Fsp3) is 0.167. The van der Waals surface area contributed by atoms with Gasteiger partial charge in [0.05, 0.1) is 10.7 Å². The molecule has 0 bridgehead atoms. The zero-order valence-corrected chi connectivity index (χ0v) is 12.4. The van der Waals surface area contributed by atoms with Crippen molar-refractivity contribution in [3.05, 3.63) is 45.6 Å². The molecule has 0 aliphatic carbocycles. The summed E-state index contributed by atoms with van der Waals surface area (Å²) in [5.74, 6) is 0. The van der Waals surface area contributed by atoms with Gasteiger partial charge in [0.15, 0.2) is 0 Å². The van der Waals surface area contributed by atoms with Crippen molar-refractivity contribution in [1.29, 1.82) is 0 Å². The van der Waals surface area contributed by atoms with Gasteiger partial charge in [-0.3, -0.25) is 0 Å². The minimum Gasteiger partial charge on any atom is -0.398 e. The second-order valence-electron chi connectivity index (χ2n) is 3.94. The first-order valence-electron chi connectivity index (χ1n) is 5.55. The average Bonchev–Trinajstić information content (AvgIpc) is 2.81. The Morgan fingerprint density at radius 1 is 1.32 bits per heavy atom. The summed E-state index contributed by atoms with van der Waals surface area (Å²) in [4.78, 5) is -0.0537. The third-order valence-corrected chi connectivity index (χ3v) is 5.29. The molecular formula is C12H13ClN2O2S2. The minimum absolute atomic E-state index is 0.0537. The highest BCUT2D eigenvalue weighted by Crippen LogP contribution is 2.26. The van der Waals surface area contributed by atoms with Crippen LogP contribution >= 0.6 is 22.9 Å². The number of anilines is 1. The van der Waals surface area contributed by atoms with Gasteiger partial charge in [0.2, 0.25) is 10.0 Å². The fourth-order valence-electron chi connectivity index (χ4n) is 1.65. The Bertz CT molecular complexity index is 634. The van der Waals surface area contributed by atoms with Gasteiger partial charge in [-0.1, -0.05) is 17.7 Å². The number of benzene rings is 1. The Hall–Kier alpha value is -1.08. The molecule has 0 aliphatic rings. The SMILES string of the molecule is Nc1cccc(Cl)c1S(=O)(=O)NCCc1ccsc1. The monoisotopic (exact) mass is 316 g/mol. The topological polar surface area (TPSA) is 72.2 Å². The first-order chi connectivity index (χ1) is 9.00.